The van der Waals surface area contributed by atoms with E-state index in [-0.39, 0.29) is 0 Å². The molecule has 0 aliphatic heterocycles. The van der Waals surface area contributed by atoms with Gasteiger partial charge in [0.1, 0.15) is 21.5 Å². The van der Waals surface area contributed by atoms with Crippen LogP contribution in [-0.2, 0) is 0 Å². The highest BCUT2D eigenvalue weighted by molar-refractivity contribution is 7.22. The molecule has 2 aromatic heterocycles. The lowest BCUT2D eigenvalue weighted by Crippen LogP contribution is -1.95. The van der Waals surface area contributed by atoms with Crippen molar-refractivity contribution in [1.29, 1.82) is 0 Å². The highest BCUT2D eigenvalue weighted by atomic mass is 32.1. The molecule has 0 unspecified atom stereocenters. The predicted molar refractivity (Wildman–Crippen MR) is 177 cm³/mol. The maximum absolute atomic E-state index is 5.96. The van der Waals surface area contributed by atoms with Crippen LogP contribution in [0.4, 0.5) is 0 Å². The number of thiazole rings is 2. The third-order valence-electron chi connectivity index (χ3n) is 7.73. The van der Waals surface area contributed by atoms with Crippen LogP contribution in [0.3, 0.4) is 0 Å². The van der Waals surface area contributed by atoms with Crippen LogP contribution in [0.1, 0.15) is 0 Å². The van der Waals surface area contributed by atoms with Crippen molar-refractivity contribution in [3.8, 4) is 43.8 Å². The summed E-state index contributed by atoms with van der Waals surface area (Å²) in [6.45, 7) is 0. The first-order valence-corrected chi connectivity index (χ1v) is 15.3. The van der Waals surface area contributed by atoms with Gasteiger partial charge in [-0.15, -0.1) is 22.7 Å². The molecule has 0 N–H and O–H groups in total. The molecule has 0 atom stereocenters. The number of benzene rings is 6. The van der Waals surface area contributed by atoms with E-state index >= 15 is 0 Å². The van der Waals surface area contributed by atoms with Gasteiger partial charge in [0, 0.05) is 22.3 Å². The van der Waals surface area contributed by atoms with Gasteiger partial charge in [-0.3, -0.25) is 0 Å². The molecular weight excluding hydrogens is 557 g/mol. The van der Waals surface area contributed by atoms with Gasteiger partial charge in [-0.1, -0.05) is 60.7 Å². The zero-order valence-corrected chi connectivity index (χ0v) is 24.6. The summed E-state index contributed by atoms with van der Waals surface area (Å²) in [7, 11) is 3.45. The van der Waals surface area contributed by atoms with Gasteiger partial charge in [0.25, 0.3) is 0 Å². The molecule has 6 heteroatoms. The summed E-state index contributed by atoms with van der Waals surface area (Å²) in [4.78, 5) is 9.78. The summed E-state index contributed by atoms with van der Waals surface area (Å²) < 4.78 is 14.3. The molecular formula is C36H24N2O2S2. The Bertz CT molecular complexity index is 2070. The minimum Gasteiger partial charge on any atom is -0.496 e. The van der Waals surface area contributed by atoms with Crippen LogP contribution < -0.4 is 9.47 Å². The quantitative estimate of drug-likeness (QED) is 0.203. The summed E-state index contributed by atoms with van der Waals surface area (Å²) >= 11 is 3.43. The fourth-order valence-electron chi connectivity index (χ4n) is 5.73. The molecule has 8 rings (SSSR count). The highest BCUT2D eigenvalue weighted by Crippen LogP contribution is 2.47. The maximum atomic E-state index is 5.96. The predicted octanol–water partition coefficient (Wildman–Crippen LogP) is 10.2. The summed E-state index contributed by atoms with van der Waals surface area (Å²) in [5, 5.41) is 6.46. The third kappa shape index (κ3) is 4.03. The molecule has 0 spiro atoms. The molecule has 0 bridgehead atoms. The van der Waals surface area contributed by atoms with E-state index in [1.54, 1.807) is 36.9 Å². The van der Waals surface area contributed by atoms with E-state index in [4.69, 9.17) is 19.4 Å². The van der Waals surface area contributed by atoms with Crippen molar-refractivity contribution in [1.82, 2.24) is 9.97 Å². The average molecular weight is 581 g/mol. The Balaban J connectivity index is 1.32. The zero-order chi connectivity index (χ0) is 28.2. The van der Waals surface area contributed by atoms with E-state index in [0.717, 1.165) is 76.3 Å². The molecule has 0 saturated heterocycles. The van der Waals surface area contributed by atoms with E-state index in [2.05, 4.69) is 84.9 Å². The van der Waals surface area contributed by atoms with Crippen LogP contribution in [0.25, 0.3) is 74.2 Å². The van der Waals surface area contributed by atoms with Crippen molar-refractivity contribution >= 4 is 64.7 Å². The molecule has 0 amide bonds. The lowest BCUT2D eigenvalue weighted by atomic mass is 9.91. The molecule has 2 heterocycles. The maximum Gasteiger partial charge on any atom is 0.127 e. The molecule has 0 fully saturated rings. The number of para-hydroxylation sites is 2. The van der Waals surface area contributed by atoms with Crippen LogP contribution in [-0.4, -0.2) is 24.2 Å². The first-order chi connectivity index (χ1) is 20.7. The van der Waals surface area contributed by atoms with Gasteiger partial charge in [-0.05, 0) is 70.1 Å². The zero-order valence-electron chi connectivity index (χ0n) is 22.9. The van der Waals surface area contributed by atoms with Crippen LogP contribution >= 0.6 is 22.7 Å². The van der Waals surface area contributed by atoms with Crippen molar-refractivity contribution in [2.24, 2.45) is 0 Å². The number of nitrogens with zero attached hydrogens (tertiary/aromatic N) is 2. The van der Waals surface area contributed by atoms with Crippen LogP contribution in [0.2, 0.25) is 0 Å². The number of methoxy groups -OCH3 is 2. The number of rotatable bonds is 5. The SMILES string of the molecule is COc1ccc2cc(-c3nc4ccccc4s3)ccc2c1-c1c(OC)ccc2cc(-c3nc4ccccc4s3)ccc12. The van der Waals surface area contributed by atoms with Crippen molar-refractivity contribution in [2.75, 3.05) is 14.2 Å². The molecule has 202 valence electrons. The second-order valence-corrected chi connectivity index (χ2v) is 12.2. The average Bonchev–Trinajstić information content (AvgIpc) is 3.68. The molecule has 0 radical (unpaired) electrons. The van der Waals surface area contributed by atoms with Crippen molar-refractivity contribution < 1.29 is 9.47 Å². The van der Waals surface area contributed by atoms with Crippen LogP contribution in [0.15, 0.2) is 109 Å². The topological polar surface area (TPSA) is 44.2 Å². The Morgan fingerprint density at radius 1 is 0.500 bits per heavy atom. The van der Waals surface area contributed by atoms with Gasteiger partial charge < -0.3 is 9.47 Å². The highest BCUT2D eigenvalue weighted by Gasteiger charge is 2.20. The normalized spacial score (nSPS) is 11.6. The fraction of sp³-hybridized carbons (Fsp3) is 0.0556. The fourth-order valence-corrected chi connectivity index (χ4v) is 7.66. The molecule has 8 aromatic rings. The minimum atomic E-state index is 0.802. The number of hydrogen-bond acceptors (Lipinski definition) is 6. The molecule has 4 nitrogen and oxygen atoms in total. The van der Waals surface area contributed by atoms with E-state index < -0.39 is 0 Å². The smallest absolute Gasteiger partial charge is 0.127 e. The Labute approximate surface area is 250 Å². The second kappa shape index (κ2) is 9.94. The first kappa shape index (κ1) is 25.0. The Hall–Kier alpha value is -4.78. The first-order valence-electron chi connectivity index (χ1n) is 13.6. The van der Waals surface area contributed by atoms with E-state index in [9.17, 15) is 0 Å². The standard InChI is InChI=1S/C36H24N2O2S2/c1-39-29-17-13-21-19-23(35-37-27-7-3-5-9-31(27)41-35)11-15-25(21)33(29)34-26-16-12-24(20-22(26)14-18-30(34)40-2)36-38-28-8-4-6-10-32(28)42-36/h3-20H,1-2H3. The van der Waals surface area contributed by atoms with E-state index in [0.29, 0.717) is 0 Å². The van der Waals surface area contributed by atoms with Crippen molar-refractivity contribution in [2.45, 2.75) is 0 Å². The van der Waals surface area contributed by atoms with Gasteiger partial charge in [0.05, 0.1) is 34.7 Å². The monoisotopic (exact) mass is 580 g/mol. The van der Waals surface area contributed by atoms with Gasteiger partial charge in [-0.25, -0.2) is 9.97 Å². The van der Waals surface area contributed by atoms with E-state index in [1.165, 1.54) is 9.40 Å². The molecule has 6 aromatic carbocycles. The van der Waals surface area contributed by atoms with Crippen LogP contribution in [0, 0.1) is 0 Å². The van der Waals surface area contributed by atoms with Gasteiger partial charge in [-0.2, -0.15) is 0 Å². The molecule has 0 aliphatic rings. The van der Waals surface area contributed by atoms with E-state index in [1.807, 2.05) is 24.3 Å². The van der Waals surface area contributed by atoms with Crippen LogP contribution in [0.5, 0.6) is 11.5 Å². The largest absolute Gasteiger partial charge is 0.496 e. The Kier molecular flexibility index (Phi) is 5.91. The third-order valence-corrected chi connectivity index (χ3v) is 9.91. The molecule has 0 aliphatic carbocycles. The van der Waals surface area contributed by atoms with Crippen molar-refractivity contribution in [3.63, 3.8) is 0 Å². The Morgan fingerprint density at radius 3 is 1.38 bits per heavy atom. The summed E-state index contributed by atoms with van der Waals surface area (Å²) in [6.07, 6.45) is 0. The number of ether oxygens (including phenoxy) is 2. The van der Waals surface area contributed by atoms with Gasteiger partial charge in [0.15, 0.2) is 0 Å². The lowest BCUT2D eigenvalue weighted by Gasteiger charge is -2.18. The van der Waals surface area contributed by atoms with Gasteiger partial charge in [0.2, 0.25) is 0 Å². The molecule has 42 heavy (non-hydrogen) atoms. The summed E-state index contributed by atoms with van der Waals surface area (Å²) in [5.74, 6) is 1.60. The van der Waals surface area contributed by atoms with Gasteiger partial charge >= 0.3 is 0 Å². The summed E-state index contributed by atoms with van der Waals surface area (Å²) in [6, 6.07) is 38.0. The second-order valence-electron chi connectivity index (χ2n) is 10.1. The number of fused-ring (bicyclic) bond motifs is 4. The summed E-state index contributed by atoms with van der Waals surface area (Å²) in [5.41, 5.74) is 6.29. The van der Waals surface area contributed by atoms with Crippen molar-refractivity contribution in [3.05, 3.63) is 109 Å². The Morgan fingerprint density at radius 2 is 0.952 bits per heavy atom. The number of aromatic nitrogens is 2. The number of hydrogen-bond donors (Lipinski definition) is 0. The molecule has 0 saturated carbocycles. The lowest BCUT2D eigenvalue weighted by molar-refractivity contribution is 0.411. The minimum absolute atomic E-state index is 0.802.